The normalized spacial score (nSPS) is 19.9. The van der Waals surface area contributed by atoms with E-state index in [4.69, 9.17) is 9.26 Å². The summed E-state index contributed by atoms with van der Waals surface area (Å²) in [4.78, 5) is 0. The van der Waals surface area contributed by atoms with E-state index in [0.717, 1.165) is 35.7 Å². The SMILES string of the molecule is Cc1noc(C)c1CNC1CC(C)(C)Oc2ccccc21. The monoisotopic (exact) mass is 286 g/mol. The zero-order chi connectivity index (χ0) is 15.0. The molecule has 0 saturated heterocycles. The van der Waals surface area contributed by atoms with Crippen molar-refractivity contribution in [2.45, 2.75) is 52.3 Å². The van der Waals surface area contributed by atoms with E-state index in [-0.39, 0.29) is 11.6 Å². The van der Waals surface area contributed by atoms with Crippen molar-refractivity contribution in [1.29, 1.82) is 0 Å². The van der Waals surface area contributed by atoms with Gasteiger partial charge < -0.3 is 14.6 Å². The summed E-state index contributed by atoms with van der Waals surface area (Å²) in [6, 6.07) is 8.53. The first kappa shape index (κ1) is 14.1. The van der Waals surface area contributed by atoms with Crippen molar-refractivity contribution in [2.75, 3.05) is 0 Å². The summed E-state index contributed by atoms with van der Waals surface area (Å²) in [5.41, 5.74) is 3.17. The van der Waals surface area contributed by atoms with Gasteiger partial charge >= 0.3 is 0 Å². The molecule has 2 aromatic rings. The van der Waals surface area contributed by atoms with Gasteiger partial charge in [0.2, 0.25) is 0 Å². The van der Waals surface area contributed by atoms with Gasteiger partial charge in [-0.2, -0.15) is 0 Å². The number of nitrogens with one attached hydrogen (secondary N) is 1. The Morgan fingerprint density at radius 1 is 1.29 bits per heavy atom. The Morgan fingerprint density at radius 3 is 2.76 bits per heavy atom. The Kier molecular flexibility index (Phi) is 3.49. The Hall–Kier alpha value is -1.81. The van der Waals surface area contributed by atoms with Crippen LogP contribution in [-0.4, -0.2) is 10.8 Å². The van der Waals surface area contributed by atoms with Gasteiger partial charge in [-0.15, -0.1) is 0 Å². The number of benzene rings is 1. The fourth-order valence-corrected chi connectivity index (χ4v) is 2.96. The van der Waals surface area contributed by atoms with Gasteiger partial charge in [-0.1, -0.05) is 23.4 Å². The van der Waals surface area contributed by atoms with Crippen LogP contribution in [0.5, 0.6) is 5.75 Å². The lowest BCUT2D eigenvalue weighted by atomic mass is 9.89. The van der Waals surface area contributed by atoms with Crippen LogP contribution < -0.4 is 10.1 Å². The first-order valence-electron chi connectivity index (χ1n) is 7.39. The van der Waals surface area contributed by atoms with E-state index in [0.29, 0.717) is 0 Å². The minimum Gasteiger partial charge on any atom is -0.487 e. The van der Waals surface area contributed by atoms with Crippen LogP contribution in [0.4, 0.5) is 0 Å². The smallest absolute Gasteiger partial charge is 0.138 e. The second-order valence-corrected chi connectivity index (χ2v) is 6.34. The second-order valence-electron chi connectivity index (χ2n) is 6.34. The highest BCUT2D eigenvalue weighted by atomic mass is 16.5. The predicted molar refractivity (Wildman–Crippen MR) is 81.3 cm³/mol. The standard InChI is InChI=1S/C17H22N2O2/c1-11-14(12(2)21-19-11)10-18-15-9-17(3,4)20-16-8-6-5-7-13(15)16/h5-8,15,18H,9-10H2,1-4H3. The summed E-state index contributed by atoms with van der Waals surface area (Å²) in [6.45, 7) is 8.96. The van der Waals surface area contributed by atoms with Gasteiger partial charge in [-0.3, -0.25) is 0 Å². The lowest BCUT2D eigenvalue weighted by Crippen LogP contribution is -2.39. The number of ether oxygens (including phenoxy) is 1. The third-order valence-electron chi connectivity index (χ3n) is 4.08. The van der Waals surface area contributed by atoms with E-state index < -0.39 is 0 Å². The summed E-state index contributed by atoms with van der Waals surface area (Å²) in [7, 11) is 0. The van der Waals surface area contributed by atoms with Gasteiger partial charge in [0, 0.05) is 30.1 Å². The molecule has 4 heteroatoms. The van der Waals surface area contributed by atoms with Crippen molar-refractivity contribution < 1.29 is 9.26 Å². The molecule has 0 amide bonds. The van der Waals surface area contributed by atoms with Gasteiger partial charge in [0.15, 0.2) is 0 Å². The van der Waals surface area contributed by atoms with Crippen LogP contribution in [0.3, 0.4) is 0 Å². The summed E-state index contributed by atoms with van der Waals surface area (Å²) in [5.74, 6) is 1.87. The number of aryl methyl sites for hydroxylation is 2. The largest absolute Gasteiger partial charge is 0.487 e. The van der Waals surface area contributed by atoms with Crippen LogP contribution >= 0.6 is 0 Å². The first-order chi connectivity index (χ1) is 9.96. The van der Waals surface area contributed by atoms with E-state index in [1.807, 2.05) is 26.0 Å². The fraction of sp³-hybridized carbons (Fsp3) is 0.471. The lowest BCUT2D eigenvalue weighted by Gasteiger charge is -2.38. The van der Waals surface area contributed by atoms with Crippen molar-refractivity contribution in [3.05, 3.63) is 46.8 Å². The minimum atomic E-state index is -0.162. The quantitative estimate of drug-likeness (QED) is 0.935. The molecule has 4 nitrogen and oxygen atoms in total. The maximum absolute atomic E-state index is 6.06. The van der Waals surface area contributed by atoms with Crippen LogP contribution in [0.15, 0.2) is 28.8 Å². The molecule has 1 atom stereocenters. The predicted octanol–water partition coefficient (Wildman–Crippen LogP) is 3.68. The number of hydrogen-bond acceptors (Lipinski definition) is 4. The molecule has 1 unspecified atom stereocenters. The highest BCUT2D eigenvalue weighted by molar-refractivity contribution is 5.38. The number of para-hydroxylation sites is 1. The molecule has 1 aromatic carbocycles. The Bertz CT molecular complexity index is 626. The number of rotatable bonds is 3. The van der Waals surface area contributed by atoms with Gasteiger partial charge in [0.05, 0.1) is 5.69 Å². The van der Waals surface area contributed by atoms with Crippen molar-refractivity contribution in [2.24, 2.45) is 0 Å². The molecule has 1 N–H and O–H groups in total. The molecule has 3 rings (SSSR count). The molecule has 1 aliphatic rings. The highest BCUT2D eigenvalue weighted by Gasteiger charge is 2.33. The van der Waals surface area contributed by atoms with Crippen LogP contribution in [0, 0.1) is 13.8 Å². The fourth-order valence-electron chi connectivity index (χ4n) is 2.96. The van der Waals surface area contributed by atoms with Crippen molar-refractivity contribution in [3.8, 4) is 5.75 Å². The third kappa shape index (κ3) is 2.81. The van der Waals surface area contributed by atoms with Crippen LogP contribution in [0.25, 0.3) is 0 Å². The van der Waals surface area contributed by atoms with E-state index in [2.05, 4.69) is 36.5 Å². The summed E-state index contributed by atoms with van der Waals surface area (Å²) < 4.78 is 11.3. The lowest BCUT2D eigenvalue weighted by molar-refractivity contribution is 0.0657. The average Bonchev–Trinajstić information content (AvgIpc) is 2.74. The van der Waals surface area contributed by atoms with E-state index in [9.17, 15) is 0 Å². The molecule has 21 heavy (non-hydrogen) atoms. The maximum atomic E-state index is 6.06. The summed E-state index contributed by atoms with van der Waals surface area (Å²) in [6.07, 6.45) is 0.938. The second kappa shape index (κ2) is 5.19. The summed E-state index contributed by atoms with van der Waals surface area (Å²) in [5, 5.41) is 7.65. The number of fused-ring (bicyclic) bond motifs is 1. The molecule has 2 heterocycles. The van der Waals surface area contributed by atoms with Crippen molar-refractivity contribution in [1.82, 2.24) is 10.5 Å². The van der Waals surface area contributed by atoms with Gasteiger partial charge in [0.1, 0.15) is 17.1 Å². The Balaban J connectivity index is 1.82. The Labute approximate surface area is 125 Å². The minimum absolute atomic E-state index is 0.162. The van der Waals surface area contributed by atoms with Crippen LogP contribution in [0.1, 0.15) is 48.9 Å². The molecule has 1 aromatic heterocycles. The van der Waals surface area contributed by atoms with Gasteiger partial charge in [-0.05, 0) is 33.8 Å². The van der Waals surface area contributed by atoms with Gasteiger partial charge in [-0.25, -0.2) is 0 Å². The molecule has 0 bridgehead atoms. The number of aromatic nitrogens is 1. The molecule has 0 fully saturated rings. The molecule has 0 spiro atoms. The van der Waals surface area contributed by atoms with Crippen LogP contribution in [0.2, 0.25) is 0 Å². The molecular formula is C17H22N2O2. The maximum Gasteiger partial charge on any atom is 0.138 e. The molecular weight excluding hydrogens is 264 g/mol. The zero-order valence-electron chi connectivity index (χ0n) is 13.1. The number of nitrogens with zero attached hydrogens (tertiary/aromatic N) is 1. The third-order valence-corrected chi connectivity index (χ3v) is 4.08. The van der Waals surface area contributed by atoms with Gasteiger partial charge in [0.25, 0.3) is 0 Å². The number of hydrogen-bond donors (Lipinski definition) is 1. The van der Waals surface area contributed by atoms with E-state index in [1.54, 1.807) is 0 Å². The molecule has 0 aliphatic carbocycles. The highest BCUT2D eigenvalue weighted by Crippen LogP contribution is 2.39. The summed E-state index contributed by atoms with van der Waals surface area (Å²) >= 11 is 0. The van der Waals surface area contributed by atoms with Crippen LogP contribution in [-0.2, 0) is 6.54 Å². The molecule has 112 valence electrons. The average molecular weight is 286 g/mol. The van der Waals surface area contributed by atoms with Crippen molar-refractivity contribution >= 4 is 0 Å². The zero-order valence-corrected chi connectivity index (χ0v) is 13.1. The Morgan fingerprint density at radius 2 is 2.05 bits per heavy atom. The molecule has 1 aliphatic heterocycles. The first-order valence-corrected chi connectivity index (χ1v) is 7.39. The van der Waals surface area contributed by atoms with Crippen molar-refractivity contribution in [3.63, 3.8) is 0 Å². The van der Waals surface area contributed by atoms with E-state index >= 15 is 0 Å². The molecule has 0 saturated carbocycles. The van der Waals surface area contributed by atoms with E-state index in [1.165, 1.54) is 5.56 Å². The molecule has 0 radical (unpaired) electrons. The topological polar surface area (TPSA) is 47.3 Å².